The van der Waals surface area contributed by atoms with Crippen LogP contribution in [-0.2, 0) is 11.2 Å². The standard InChI is InChI=1S/C21H22N4O/c22-14-16-8-9-20(23-15-16)24-10-12-25(13-11-24)21(26)19-7-3-5-17-4-1-2-6-18(17)19/h1-2,4,6,8-9,15,19H,3,5,7,10-13H2/t19-/m0/s1. The molecule has 0 spiro atoms. The molecule has 1 fully saturated rings. The van der Waals surface area contributed by atoms with Crippen LogP contribution in [0.1, 0.15) is 35.4 Å². The Hall–Kier alpha value is -2.87. The fraction of sp³-hybridized carbons (Fsp3) is 0.381. The van der Waals surface area contributed by atoms with Crippen molar-refractivity contribution < 1.29 is 4.79 Å². The molecular weight excluding hydrogens is 324 g/mol. The molecular formula is C21H22N4O. The number of carbonyl (C=O) groups excluding carboxylic acids is 1. The van der Waals surface area contributed by atoms with Gasteiger partial charge in [0.05, 0.1) is 11.5 Å². The molecule has 2 aliphatic rings. The fourth-order valence-electron chi connectivity index (χ4n) is 4.03. The quantitative estimate of drug-likeness (QED) is 0.839. The zero-order valence-electron chi connectivity index (χ0n) is 14.8. The average molecular weight is 346 g/mol. The van der Waals surface area contributed by atoms with E-state index >= 15 is 0 Å². The predicted octanol–water partition coefficient (Wildman–Crippen LogP) is 2.72. The average Bonchev–Trinajstić information content (AvgIpc) is 2.73. The first kappa shape index (κ1) is 16.6. The Labute approximate surface area is 153 Å². The van der Waals surface area contributed by atoms with Crippen molar-refractivity contribution in [1.82, 2.24) is 9.88 Å². The summed E-state index contributed by atoms with van der Waals surface area (Å²) in [4.78, 5) is 21.6. The highest BCUT2D eigenvalue weighted by Gasteiger charge is 2.31. The van der Waals surface area contributed by atoms with Crippen molar-refractivity contribution in [2.45, 2.75) is 25.2 Å². The summed E-state index contributed by atoms with van der Waals surface area (Å²) in [7, 11) is 0. The summed E-state index contributed by atoms with van der Waals surface area (Å²) >= 11 is 0. The molecule has 0 bridgehead atoms. The fourth-order valence-corrected chi connectivity index (χ4v) is 4.03. The van der Waals surface area contributed by atoms with E-state index in [-0.39, 0.29) is 11.8 Å². The summed E-state index contributed by atoms with van der Waals surface area (Å²) in [6, 6.07) is 14.1. The van der Waals surface area contributed by atoms with Gasteiger partial charge in [-0.2, -0.15) is 5.26 Å². The number of rotatable bonds is 2. The molecule has 1 aromatic heterocycles. The van der Waals surface area contributed by atoms with Crippen LogP contribution in [0.2, 0.25) is 0 Å². The van der Waals surface area contributed by atoms with Crippen LogP contribution in [0, 0.1) is 11.3 Å². The van der Waals surface area contributed by atoms with Crippen molar-refractivity contribution >= 4 is 11.7 Å². The van der Waals surface area contributed by atoms with Gasteiger partial charge in [-0.25, -0.2) is 4.98 Å². The van der Waals surface area contributed by atoms with Crippen LogP contribution < -0.4 is 4.90 Å². The molecule has 5 nitrogen and oxygen atoms in total. The Kier molecular flexibility index (Phi) is 4.57. The highest BCUT2D eigenvalue weighted by atomic mass is 16.2. The number of nitrogens with zero attached hydrogens (tertiary/aromatic N) is 4. The lowest BCUT2D eigenvalue weighted by atomic mass is 9.82. The van der Waals surface area contributed by atoms with Crippen LogP contribution in [0.5, 0.6) is 0 Å². The summed E-state index contributed by atoms with van der Waals surface area (Å²) in [5, 5.41) is 8.88. The normalized spacial score (nSPS) is 19.6. The van der Waals surface area contributed by atoms with Crippen molar-refractivity contribution in [1.29, 1.82) is 5.26 Å². The van der Waals surface area contributed by atoms with Gasteiger partial charge in [-0.3, -0.25) is 4.79 Å². The summed E-state index contributed by atoms with van der Waals surface area (Å²) in [5.41, 5.74) is 3.12. The third-order valence-corrected chi connectivity index (χ3v) is 5.46. The van der Waals surface area contributed by atoms with Gasteiger partial charge in [-0.1, -0.05) is 24.3 Å². The molecule has 1 aliphatic carbocycles. The molecule has 1 aromatic carbocycles. The van der Waals surface area contributed by atoms with Gasteiger partial charge >= 0.3 is 0 Å². The van der Waals surface area contributed by atoms with E-state index in [0.717, 1.165) is 51.3 Å². The Morgan fingerprint density at radius 1 is 1.12 bits per heavy atom. The van der Waals surface area contributed by atoms with E-state index in [9.17, 15) is 4.79 Å². The summed E-state index contributed by atoms with van der Waals surface area (Å²) in [5.74, 6) is 1.16. The molecule has 2 heterocycles. The number of amides is 1. The molecule has 132 valence electrons. The molecule has 1 amide bonds. The number of nitriles is 1. The van der Waals surface area contributed by atoms with Gasteiger partial charge in [0.2, 0.25) is 5.91 Å². The van der Waals surface area contributed by atoms with E-state index in [1.165, 1.54) is 11.1 Å². The second-order valence-electron chi connectivity index (χ2n) is 6.97. The van der Waals surface area contributed by atoms with E-state index in [1.807, 2.05) is 17.0 Å². The van der Waals surface area contributed by atoms with Gasteiger partial charge in [-0.05, 0) is 42.5 Å². The summed E-state index contributed by atoms with van der Waals surface area (Å²) in [6.07, 6.45) is 4.72. The number of carbonyl (C=O) groups is 1. The SMILES string of the molecule is N#Cc1ccc(N2CCN(C(=O)[C@H]3CCCc4ccccc43)CC2)nc1. The van der Waals surface area contributed by atoms with Gasteiger partial charge in [-0.15, -0.1) is 0 Å². The first-order valence-corrected chi connectivity index (χ1v) is 9.24. The minimum Gasteiger partial charge on any atom is -0.353 e. The third kappa shape index (κ3) is 3.15. The number of aromatic nitrogens is 1. The van der Waals surface area contributed by atoms with E-state index in [2.05, 4.69) is 34.2 Å². The van der Waals surface area contributed by atoms with Crippen molar-refractivity contribution in [2.75, 3.05) is 31.1 Å². The van der Waals surface area contributed by atoms with Crippen LogP contribution in [0.15, 0.2) is 42.6 Å². The van der Waals surface area contributed by atoms with Gasteiger partial charge in [0.1, 0.15) is 11.9 Å². The molecule has 5 heteroatoms. The lowest BCUT2D eigenvalue weighted by Gasteiger charge is -2.38. The van der Waals surface area contributed by atoms with E-state index < -0.39 is 0 Å². The van der Waals surface area contributed by atoms with E-state index in [0.29, 0.717) is 5.56 Å². The zero-order chi connectivity index (χ0) is 17.9. The largest absolute Gasteiger partial charge is 0.353 e. The number of fused-ring (bicyclic) bond motifs is 1. The molecule has 2 aromatic rings. The molecule has 26 heavy (non-hydrogen) atoms. The van der Waals surface area contributed by atoms with Crippen molar-refractivity contribution in [3.05, 3.63) is 59.3 Å². The van der Waals surface area contributed by atoms with Gasteiger partial charge < -0.3 is 9.80 Å². The molecule has 1 saturated heterocycles. The Morgan fingerprint density at radius 2 is 1.92 bits per heavy atom. The molecule has 1 aliphatic heterocycles. The Balaban J connectivity index is 1.42. The summed E-state index contributed by atoms with van der Waals surface area (Å²) in [6.45, 7) is 3.00. The number of aryl methyl sites for hydroxylation is 1. The Bertz CT molecular complexity index is 832. The number of hydrogen-bond acceptors (Lipinski definition) is 4. The zero-order valence-corrected chi connectivity index (χ0v) is 14.8. The topological polar surface area (TPSA) is 60.2 Å². The lowest BCUT2D eigenvalue weighted by Crippen LogP contribution is -2.50. The molecule has 4 rings (SSSR count). The minimum atomic E-state index is 0.0135. The number of hydrogen-bond donors (Lipinski definition) is 0. The number of piperazine rings is 1. The van der Waals surface area contributed by atoms with Crippen LogP contribution in [0.4, 0.5) is 5.82 Å². The van der Waals surface area contributed by atoms with Crippen molar-refractivity contribution in [3.63, 3.8) is 0 Å². The molecule has 1 atom stereocenters. The highest BCUT2D eigenvalue weighted by molar-refractivity contribution is 5.84. The number of benzene rings is 1. The third-order valence-electron chi connectivity index (χ3n) is 5.46. The maximum absolute atomic E-state index is 13.1. The molecule has 0 radical (unpaired) electrons. The van der Waals surface area contributed by atoms with Crippen molar-refractivity contribution in [2.24, 2.45) is 0 Å². The van der Waals surface area contributed by atoms with E-state index in [1.54, 1.807) is 12.3 Å². The first-order chi connectivity index (χ1) is 12.8. The monoisotopic (exact) mass is 346 g/mol. The van der Waals surface area contributed by atoms with Gasteiger partial charge in [0.15, 0.2) is 0 Å². The van der Waals surface area contributed by atoms with Crippen LogP contribution >= 0.6 is 0 Å². The van der Waals surface area contributed by atoms with Gasteiger partial charge in [0, 0.05) is 32.4 Å². The molecule has 0 saturated carbocycles. The van der Waals surface area contributed by atoms with Crippen LogP contribution in [0.3, 0.4) is 0 Å². The molecule has 0 unspecified atom stereocenters. The van der Waals surface area contributed by atoms with Crippen molar-refractivity contribution in [3.8, 4) is 6.07 Å². The maximum atomic E-state index is 13.1. The second kappa shape index (κ2) is 7.17. The number of pyridine rings is 1. The molecule has 0 N–H and O–H groups in total. The predicted molar refractivity (Wildman–Crippen MR) is 99.9 cm³/mol. The first-order valence-electron chi connectivity index (χ1n) is 9.24. The lowest BCUT2D eigenvalue weighted by molar-refractivity contribution is -0.133. The highest BCUT2D eigenvalue weighted by Crippen LogP contribution is 2.33. The number of anilines is 1. The maximum Gasteiger partial charge on any atom is 0.230 e. The Morgan fingerprint density at radius 3 is 2.65 bits per heavy atom. The van der Waals surface area contributed by atoms with E-state index in [4.69, 9.17) is 5.26 Å². The minimum absolute atomic E-state index is 0.0135. The van der Waals surface area contributed by atoms with Crippen LogP contribution in [0.25, 0.3) is 0 Å². The van der Waals surface area contributed by atoms with Crippen LogP contribution in [-0.4, -0.2) is 42.0 Å². The second-order valence-corrected chi connectivity index (χ2v) is 6.97. The smallest absolute Gasteiger partial charge is 0.230 e. The summed E-state index contributed by atoms with van der Waals surface area (Å²) < 4.78 is 0. The van der Waals surface area contributed by atoms with Gasteiger partial charge in [0.25, 0.3) is 0 Å².